The topological polar surface area (TPSA) is 52.6 Å². The van der Waals surface area contributed by atoms with Crippen molar-refractivity contribution >= 4 is 11.9 Å². The first-order valence-corrected chi connectivity index (χ1v) is 8.83. The second-order valence-electron chi connectivity index (χ2n) is 7.07. The highest BCUT2D eigenvalue weighted by Gasteiger charge is 2.27. The normalized spacial score (nSPS) is 12.6. The van der Waals surface area contributed by atoms with Crippen LogP contribution in [0, 0.1) is 5.41 Å². The largest absolute Gasteiger partial charge is 0.462 e. The van der Waals surface area contributed by atoms with Crippen LogP contribution in [0.2, 0.25) is 0 Å². The zero-order valence-corrected chi connectivity index (χ0v) is 15.8. The van der Waals surface area contributed by atoms with Crippen molar-refractivity contribution in [3.63, 3.8) is 0 Å². The van der Waals surface area contributed by atoms with Crippen LogP contribution in [-0.2, 0) is 19.1 Å². The molecule has 0 atom stereocenters. The Bertz CT molecular complexity index is 402. The molecule has 0 N–H and O–H groups in total. The molecule has 0 aliphatic heterocycles. The van der Waals surface area contributed by atoms with Crippen molar-refractivity contribution in [1.29, 1.82) is 0 Å². The molecule has 0 unspecified atom stereocenters. The lowest BCUT2D eigenvalue weighted by molar-refractivity contribution is -0.142. The predicted octanol–water partition coefficient (Wildman–Crippen LogP) is 4.82. The van der Waals surface area contributed by atoms with Crippen molar-refractivity contribution in [2.45, 2.75) is 80.1 Å². The molecular weight excluding hydrogens is 292 g/mol. The van der Waals surface area contributed by atoms with Gasteiger partial charge in [0.25, 0.3) is 0 Å². The number of hydrogen-bond acceptors (Lipinski definition) is 4. The standard InChI is InChI=1S/C19H34O4/c1-7-10-11-15(17(20)22-12-8-2)16(14-19(4,5)6)18(21)23-13-9-3/h7-14H2,1-6H3. The number of rotatable bonds is 10. The molecular formula is C19H34O4. The van der Waals surface area contributed by atoms with Crippen LogP contribution in [0.5, 0.6) is 0 Å². The zero-order valence-electron chi connectivity index (χ0n) is 15.8. The Hall–Kier alpha value is -1.32. The van der Waals surface area contributed by atoms with Gasteiger partial charge in [-0.2, -0.15) is 0 Å². The van der Waals surface area contributed by atoms with Crippen LogP contribution in [-0.4, -0.2) is 25.2 Å². The van der Waals surface area contributed by atoms with Crippen molar-refractivity contribution in [2.24, 2.45) is 5.41 Å². The number of esters is 2. The maximum atomic E-state index is 12.5. The van der Waals surface area contributed by atoms with E-state index in [-0.39, 0.29) is 17.4 Å². The maximum Gasteiger partial charge on any atom is 0.334 e. The first-order chi connectivity index (χ1) is 10.8. The van der Waals surface area contributed by atoms with Crippen LogP contribution in [0.4, 0.5) is 0 Å². The Balaban J connectivity index is 5.60. The summed E-state index contributed by atoms with van der Waals surface area (Å²) < 4.78 is 10.6. The minimum absolute atomic E-state index is 0.108. The number of carbonyl (C=O) groups excluding carboxylic acids is 2. The molecule has 134 valence electrons. The lowest BCUT2D eigenvalue weighted by Crippen LogP contribution is -2.21. The molecule has 0 saturated carbocycles. The van der Waals surface area contributed by atoms with Gasteiger partial charge in [-0.1, -0.05) is 48.0 Å². The van der Waals surface area contributed by atoms with Crippen LogP contribution in [0.25, 0.3) is 0 Å². The Morgan fingerprint density at radius 1 is 0.783 bits per heavy atom. The van der Waals surface area contributed by atoms with Crippen molar-refractivity contribution in [3.05, 3.63) is 11.1 Å². The monoisotopic (exact) mass is 326 g/mol. The lowest BCUT2D eigenvalue weighted by Gasteiger charge is -2.22. The van der Waals surface area contributed by atoms with Crippen LogP contribution in [0.1, 0.15) is 80.1 Å². The highest BCUT2D eigenvalue weighted by molar-refractivity contribution is 6.00. The molecule has 0 aromatic rings. The highest BCUT2D eigenvalue weighted by atomic mass is 16.5. The molecule has 0 aliphatic rings. The fraction of sp³-hybridized carbons (Fsp3) is 0.789. The number of carbonyl (C=O) groups is 2. The fourth-order valence-corrected chi connectivity index (χ4v) is 2.13. The van der Waals surface area contributed by atoms with E-state index in [9.17, 15) is 9.59 Å². The molecule has 0 bridgehead atoms. The van der Waals surface area contributed by atoms with Gasteiger partial charge in [-0.15, -0.1) is 0 Å². The lowest BCUT2D eigenvalue weighted by atomic mass is 9.85. The Labute approximate surface area is 141 Å². The van der Waals surface area contributed by atoms with Gasteiger partial charge in [0.1, 0.15) is 0 Å². The third-order valence-electron chi connectivity index (χ3n) is 3.22. The van der Waals surface area contributed by atoms with E-state index in [1.54, 1.807) is 0 Å². The Morgan fingerprint density at radius 2 is 1.26 bits per heavy atom. The molecule has 0 aliphatic carbocycles. The van der Waals surface area contributed by atoms with Crippen LogP contribution in [0.15, 0.2) is 11.1 Å². The van der Waals surface area contributed by atoms with Crippen molar-refractivity contribution < 1.29 is 19.1 Å². The summed E-state index contributed by atoms with van der Waals surface area (Å²) in [7, 11) is 0. The first-order valence-electron chi connectivity index (χ1n) is 8.83. The number of ether oxygens (including phenoxy) is 2. The van der Waals surface area contributed by atoms with Gasteiger partial charge in [-0.05, 0) is 37.5 Å². The SMILES string of the molecule is CCCCC(C(=O)OCCC)=C(CC(C)(C)C)C(=O)OCCC. The molecule has 0 radical (unpaired) electrons. The van der Waals surface area contributed by atoms with Gasteiger partial charge in [0, 0.05) is 11.1 Å². The summed E-state index contributed by atoms with van der Waals surface area (Å²) in [6, 6.07) is 0. The molecule has 0 amide bonds. The average molecular weight is 326 g/mol. The first kappa shape index (κ1) is 21.7. The summed E-state index contributed by atoms with van der Waals surface area (Å²) in [6.45, 7) is 12.9. The van der Waals surface area contributed by atoms with E-state index in [0.29, 0.717) is 37.2 Å². The summed E-state index contributed by atoms with van der Waals surface area (Å²) in [5.41, 5.74) is 0.875. The molecule has 23 heavy (non-hydrogen) atoms. The molecule has 0 fully saturated rings. The third kappa shape index (κ3) is 9.42. The minimum Gasteiger partial charge on any atom is -0.462 e. The van der Waals surface area contributed by atoms with Crippen LogP contribution in [0.3, 0.4) is 0 Å². The molecule has 4 nitrogen and oxygen atoms in total. The van der Waals surface area contributed by atoms with E-state index in [2.05, 4.69) is 27.7 Å². The van der Waals surface area contributed by atoms with E-state index in [4.69, 9.17) is 9.47 Å². The van der Waals surface area contributed by atoms with Gasteiger partial charge < -0.3 is 9.47 Å². The van der Waals surface area contributed by atoms with E-state index in [0.717, 1.165) is 25.7 Å². The Morgan fingerprint density at radius 3 is 1.65 bits per heavy atom. The average Bonchev–Trinajstić information content (AvgIpc) is 2.48. The summed E-state index contributed by atoms with van der Waals surface area (Å²) >= 11 is 0. The second kappa shape index (κ2) is 11.3. The van der Waals surface area contributed by atoms with Gasteiger partial charge >= 0.3 is 11.9 Å². The highest BCUT2D eigenvalue weighted by Crippen LogP contribution is 2.29. The van der Waals surface area contributed by atoms with Gasteiger partial charge in [-0.3, -0.25) is 0 Å². The van der Waals surface area contributed by atoms with E-state index in [1.807, 2.05) is 13.8 Å². The smallest absolute Gasteiger partial charge is 0.334 e. The van der Waals surface area contributed by atoms with E-state index < -0.39 is 0 Å². The molecule has 4 heteroatoms. The molecule has 0 aromatic heterocycles. The number of hydrogen-bond donors (Lipinski definition) is 0. The molecule has 0 heterocycles. The number of unbranched alkanes of at least 4 members (excludes halogenated alkanes) is 1. The van der Waals surface area contributed by atoms with Gasteiger partial charge in [0.2, 0.25) is 0 Å². The molecule has 0 rings (SSSR count). The fourth-order valence-electron chi connectivity index (χ4n) is 2.13. The van der Waals surface area contributed by atoms with Crippen LogP contribution < -0.4 is 0 Å². The van der Waals surface area contributed by atoms with Crippen molar-refractivity contribution in [1.82, 2.24) is 0 Å². The quantitative estimate of drug-likeness (QED) is 0.427. The van der Waals surface area contributed by atoms with Crippen molar-refractivity contribution in [3.8, 4) is 0 Å². The Kier molecular flexibility index (Phi) is 10.6. The van der Waals surface area contributed by atoms with E-state index in [1.165, 1.54) is 0 Å². The summed E-state index contributed by atoms with van der Waals surface area (Å²) in [5, 5.41) is 0. The third-order valence-corrected chi connectivity index (χ3v) is 3.22. The van der Waals surface area contributed by atoms with Crippen molar-refractivity contribution in [2.75, 3.05) is 13.2 Å². The van der Waals surface area contributed by atoms with E-state index >= 15 is 0 Å². The summed E-state index contributed by atoms with van der Waals surface area (Å²) in [4.78, 5) is 24.9. The maximum absolute atomic E-state index is 12.5. The summed E-state index contributed by atoms with van der Waals surface area (Å²) in [6.07, 6.45) is 4.41. The molecule has 0 aromatic carbocycles. The molecule has 0 spiro atoms. The molecule has 0 saturated heterocycles. The minimum atomic E-state index is -0.374. The second-order valence-corrected chi connectivity index (χ2v) is 7.07. The van der Waals surface area contributed by atoms with Gasteiger partial charge in [-0.25, -0.2) is 9.59 Å². The van der Waals surface area contributed by atoms with Gasteiger partial charge in [0.05, 0.1) is 13.2 Å². The zero-order chi connectivity index (χ0) is 17.9. The predicted molar refractivity (Wildman–Crippen MR) is 93.1 cm³/mol. The summed E-state index contributed by atoms with van der Waals surface area (Å²) in [5.74, 6) is -0.741. The van der Waals surface area contributed by atoms with Crippen LogP contribution >= 0.6 is 0 Å². The van der Waals surface area contributed by atoms with Gasteiger partial charge in [0.15, 0.2) is 0 Å².